The maximum Gasteiger partial charge on any atom is 0.196 e. The minimum absolute atomic E-state index is 0.561. The number of pyridine rings is 1. The van der Waals surface area contributed by atoms with Gasteiger partial charge in [0.25, 0.3) is 0 Å². The lowest BCUT2D eigenvalue weighted by Crippen LogP contribution is -2.01. The Kier molecular flexibility index (Phi) is 6.04. The monoisotopic (exact) mass is 442 g/mol. The summed E-state index contributed by atoms with van der Waals surface area (Å²) >= 11 is 14.3. The van der Waals surface area contributed by atoms with Gasteiger partial charge in [0.1, 0.15) is 5.75 Å². The van der Waals surface area contributed by atoms with Crippen LogP contribution in [0.15, 0.2) is 72.1 Å². The SMILES string of the molecule is COc1ccc(CSc2nnc(-c3cccnc3)n2-c2cc(Cl)ccc2Cl)cc1. The van der Waals surface area contributed by atoms with Gasteiger partial charge in [-0.3, -0.25) is 9.55 Å². The van der Waals surface area contributed by atoms with Crippen LogP contribution in [0.4, 0.5) is 0 Å². The Morgan fingerprint density at radius 3 is 2.59 bits per heavy atom. The lowest BCUT2D eigenvalue weighted by molar-refractivity contribution is 0.414. The summed E-state index contributed by atoms with van der Waals surface area (Å²) in [6.45, 7) is 0. The molecular weight excluding hydrogens is 427 g/mol. The highest BCUT2D eigenvalue weighted by Gasteiger charge is 2.18. The fourth-order valence-corrected chi connectivity index (χ4v) is 4.06. The first-order valence-corrected chi connectivity index (χ1v) is 10.5. The molecule has 2 aromatic heterocycles. The molecule has 0 spiro atoms. The van der Waals surface area contributed by atoms with Gasteiger partial charge >= 0.3 is 0 Å². The van der Waals surface area contributed by atoms with Crippen molar-refractivity contribution >= 4 is 35.0 Å². The maximum atomic E-state index is 6.50. The number of nitrogens with zero attached hydrogens (tertiary/aromatic N) is 4. The van der Waals surface area contributed by atoms with Crippen LogP contribution in [-0.2, 0) is 5.75 Å². The van der Waals surface area contributed by atoms with Crippen LogP contribution in [0.3, 0.4) is 0 Å². The van der Waals surface area contributed by atoms with E-state index in [1.807, 2.05) is 47.0 Å². The molecule has 5 nitrogen and oxygen atoms in total. The van der Waals surface area contributed by atoms with Crippen molar-refractivity contribution < 1.29 is 4.74 Å². The molecule has 0 radical (unpaired) electrons. The van der Waals surface area contributed by atoms with Crippen LogP contribution in [0, 0.1) is 0 Å². The molecule has 0 saturated carbocycles. The predicted octanol–water partition coefficient (Wildman–Crippen LogP) is 5.94. The quantitative estimate of drug-likeness (QED) is 0.346. The van der Waals surface area contributed by atoms with Crippen LogP contribution in [0.1, 0.15) is 5.56 Å². The van der Waals surface area contributed by atoms with Gasteiger partial charge in [0.2, 0.25) is 0 Å². The van der Waals surface area contributed by atoms with Gasteiger partial charge in [0, 0.05) is 28.7 Å². The van der Waals surface area contributed by atoms with Crippen LogP contribution in [0.5, 0.6) is 5.75 Å². The normalized spacial score (nSPS) is 10.9. The lowest BCUT2D eigenvalue weighted by Gasteiger charge is -2.12. The molecular formula is C21H16Cl2N4OS. The van der Waals surface area contributed by atoms with Crippen LogP contribution in [0.2, 0.25) is 10.0 Å². The Hall–Kier alpha value is -2.54. The topological polar surface area (TPSA) is 52.8 Å². The van der Waals surface area contributed by atoms with E-state index in [-0.39, 0.29) is 0 Å². The van der Waals surface area contributed by atoms with Gasteiger partial charge in [-0.05, 0) is 48.0 Å². The number of halogens is 2. The second kappa shape index (κ2) is 8.86. The second-order valence-corrected chi connectivity index (χ2v) is 7.90. The van der Waals surface area contributed by atoms with E-state index in [2.05, 4.69) is 15.2 Å². The van der Waals surface area contributed by atoms with E-state index >= 15 is 0 Å². The summed E-state index contributed by atoms with van der Waals surface area (Å²) in [6.07, 6.45) is 3.47. The van der Waals surface area contributed by atoms with Crippen molar-refractivity contribution in [2.45, 2.75) is 10.9 Å². The van der Waals surface area contributed by atoms with E-state index in [0.717, 1.165) is 22.6 Å². The van der Waals surface area contributed by atoms with E-state index in [1.165, 1.54) is 0 Å². The first-order valence-electron chi connectivity index (χ1n) is 8.72. The molecule has 4 aromatic rings. The number of benzene rings is 2. The predicted molar refractivity (Wildman–Crippen MR) is 117 cm³/mol. The van der Waals surface area contributed by atoms with E-state index < -0.39 is 0 Å². The number of methoxy groups -OCH3 is 1. The summed E-state index contributed by atoms with van der Waals surface area (Å²) in [5, 5.41) is 10.7. The largest absolute Gasteiger partial charge is 0.497 e. The first kappa shape index (κ1) is 19.8. The summed E-state index contributed by atoms with van der Waals surface area (Å²) < 4.78 is 7.14. The van der Waals surface area contributed by atoms with Crippen LogP contribution < -0.4 is 4.74 Å². The number of hydrogen-bond donors (Lipinski definition) is 0. The number of ether oxygens (including phenoxy) is 1. The third kappa shape index (κ3) is 4.40. The minimum Gasteiger partial charge on any atom is -0.497 e. The van der Waals surface area contributed by atoms with Gasteiger partial charge in [-0.1, -0.05) is 47.1 Å². The van der Waals surface area contributed by atoms with Crippen molar-refractivity contribution in [3.05, 3.63) is 82.6 Å². The number of rotatable bonds is 6. The maximum absolute atomic E-state index is 6.50. The van der Waals surface area contributed by atoms with Gasteiger partial charge in [-0.25, -0.2) is 0 Å². The zero-order valence-electron chi connectivity index (χ0n) is 15.4. The number of thioether (sulfide) groups is 1. The molecule has 29 heavy (non-hydrogen) atoms. The number of aromatic nitrogens is 4. The summed E-state index contributed by atoms with van der Waals surface area (Å²) in [5.74, 6) is 2.19. The zero-order valence-corrected chi connectivity index (χ0v) is 17.7. The van der Waals surface area contributed by atoms with Gasteiger partial charge in [-0.2, -0.15) is 0 Å². The van der Waals surface area contributed by atoms with Crippen molar-refractivity contribution in [1.82, 2.24) is 19.7 Å². The number of hydrogen-bond acceptors (Lipinski definition) is 5. The van der Waals surface area contributed by atoms with Crippen LogP contribution in [-0.4, -0.2) is 26.9 Å². The van der Waals surface area contributed by atoms with Gasteiger partial charge in [0.05, 0.1) is 17.8 Å². The summed E-state index contributed by atoms with van der Waals surface area (Å²) in [6, 6.07) is 17.1. The molecule has 4 rings (SSSR count). The average molecular weight is 443 g/mol. The lowest BCUT2D eigenvalue weighted by atomic mass is 10.2. The smallest absolute Gasteiger partial charge is 0.196 e. The van der Waals surface area contributed by atoms with E-state index in [9.17, 15) is 0 Å². The Bertz CT molecular complexity index is 1120. The van der Waals surface area contributed by atoms with Crippen molar-refractivity contribution in [1.29, 1.82) is 0 Å². The standard InChI is InChI=1S/C21H16Cl2N4OS/c1-28-17-7-4-14(5-8-17)13-29-21-26-25-20(15-3-2-10-24-12-15)27(21)19-11-16(22)6-9-18(19)23/h2-12H,13H2,1H3. The third-order valence-corrected chi connectivity index (χ3v) is 5.78. The molecule has 0 N–H and O–H groups in total. The molecule has 0 aliphatic heterocycles. The fourth-order valence-electron chi connectivity index (χ4n) is 2.79. The molecule has 0 atom stereocenters. The van der Waals surface area contributed by atoms with E-state index in [1.54, 1.807) is 43.4 Å². The Morgan fingerprint density at radius 2 is 1.86 bits per heavy atom. The van der Waals surface area contributed by atoms with Crippen molar-refractivity contribution in [3.63, 3.8) is 0 Å². The summed E-state index contributed by atoms with van der Waals surface area (Å²) in [7, 11) is 1.65. The van der Waals surface area contributed by atoms with Crippen molar-refractivity contribution in [2.75, 3.05) is 7.11 Å². The summed E-state index contributed by atoms with van der Waals surface area (Å²) in [4.78, 5) is 4.20. The first-order chi connectivity index (χ1) is 14.2. The zero-order chi connectivity index (χ0) is 20.2. The van der Waals surface area contributed by atoms with E-state index in [0.29, 0.717) is 26.8 Å². The molecule has 0 aliphatic carbocycles. The van der Waals surface area contributed by atoms with Crippen LogP contribution in [0.25, 0.3) is 17.1 Å². The summed E-state index contributed by atoms with van der Waals surface area (Å²) in [5.41, 5.74) is 2.71. The van der Waals surface area contributed by atoms with Crippen LogP contribution >= 0.6 is 35.0 Å². The highest BCUT2D eigenvalue weighted by atomic mass is 35.5. The molecule has 0 saturated heterocycles. The minimum atomic E-state index is 0.561. The molecule has 0 bridgehead atoms. The fraction of sp³-hybridized carbons (Fsp3) is 0.0952. The molecule has 0 amide bonds. The highest BCUT2D eigenvalue weighted by Crippen LogP contribution is 2.34. The van der Waals surface area contributed by atoms with Gasteiger partial charge < -0.3 is 4.74 Å². The van der Waals surface area contributed by atoms with E-state index in [4.69, 9.17) is 27.9 Å². The third-order valence-electron chi connectivity index (χ3n) is 4.23. The van der Waals surface area contributed by atoms with Crippen molar-refractivity contribution in [3.8, 4) is 22.8 Å². The van der Waals surface area contributed by atoms with Crippen molar-refractivity contribution in [2.24, 2.45) is 0 Å². The molecule has 2 aromatic carbocycles. The molecule has 2 heterocycles. The highest BCUT2D eigenvalue weighted by molar-refractivity contribution is 7.98. The Labute approximate surface area is 182 Å². The molecule has 0 aliphatic rings. The Balaban J connectivity index is 1.73. The second-order valence-electron chi connectivity index (χ2n) is 6.12. The molecule has 146 valence electrons. The molecule has 8 heteroatoms. The Morgan fingerprint density at radius 1 is 1.03 bits per heavy atom. The van der Waals surface area contributed by atoms with Gasteiger partial charge in [0.15, 0.2) is 11.0 Å². The molecule has 0 unspecified atom stereocenters. The average Bonchev–Trinajstić information content (AvgIpc) is 3.18. The molecule has 0 fully saturated rings. The van der Waals surface area contributed by atoms with Gasteiger partial charge in [-0.15, -0.1) is 10.2 Å².